The Bertz CT molecular complexity index is 977. The first-order valence-electron chi connectivity index (χ1n) is 12.3. The number of carbonyl (C=O) groups excluding carboxylic acids is 2. The Morgan fingerprint density at radius 3 is 0.765 bits per heavy atom. The van der Waals surface area contributed by atoms with Crippen molar-refractivity contribution >= 4 is 22.7 Å². The van der Waals surface area contributed by atoms with Crippen LogP contribution in [0, 0.1) is 21.7 Å². The molecule has 2 aromatic carbocycles. The Labute approximate surface area is 207 Å². The first kappa shape index (κ1) is 27.8. The molecule has 0 N–H and O–H groups in total. The van der Waals surface area contributed by atoms with Gasteiger partial charge in [0.1, 0.15) is 0 Å². The fourth-order valence-corrected chi connectivity index (χ4v) is 4.35. The molecule has 0 aliphatic carbocycles. The van der Waals surface area contributed by atoms with E-state index in [1.807, 2.05) is 65.8 Å². The minimum Gasteiger partial charge on any atom is -0.294 e. The third-order valence-electron chi connectivity index (χ3n) is 5.98. The molecule has 0 fully saturated rings. The lowest BCUT2D eigenvalue weighted by atomic mass is 9.70. The SMILES string of the molecule is CC(C)(C)C(=O)c1ccc(/C(=C(/c2ccc(C(=O)C(C)(C)C)cc2)C(C)(C)C)C(C)(C)C)cc1. The van der Waals surface area contributed by atoms with Gasteiger partial charge in [-0.2, -0.15) is 0 Å². The Kier molecular flexibility index (Phi) is 7.58. The Balaban J connectivity index is 2.73. The van der Waals surface area contributed by atoms with Crippen LogP contribution in [0.2, 0.25) is 0 Å². The number of allylic oxidation sites excluding steroid dienone is 2. The number of rotatable bonds is 4. The summed E-state index contributed by atoms with van der Waals surface area (Å²) in [5, 5.41) is 0. The summed E-state index contributed by atoms with van der Waals surface area (Å²) in [4.78, 5) is 25.6. The van der Waals surface area contributed by atoms with E-state index in [0.717, 1.165) is 22.3 Å². The first-order valence-corrected chi connectivity index (χ1v) is 12.3. The highest BCUT2D eigenvalue weighted by Crippen LogP contribution is 2.47. The molecule has 2 aromatic rings. The van der Waals surface area contributed by atoms with Crippen LogP contribution in [0.4, 0.5) is 0 Å². The molecule has 0 saturated carbocycles. The predicted molar refractivity (Wildman–Crippen MR) is 146 cm³/mol. The van der Waals surface area contributed by atoms with E-state index in [9.17, 15) is 9.59 Å². The summed E-state index contributed by atoms with van der Waals surface area (Å²) in [6.45, 7) is 25.1. The third-order valence-corrected chi connectivity index (χ3v) is 5.98. The first-order chi connectivity index (χ1) is 15.2. The number of hydrogen-bond donors (Lipinski definition) is 0. The van der Waals surface area contributed by atoms with Crippen LogP contribution >= 0.6 is 0 Å². The summed E-state index contributed by atoms with van der Waals surface area (Å²) in [6, 6.07) is 16.2. The zero-order valence-corrected chi connectivity index (χ0v) is 23.4. The van der Waals surface area contributed by atoms with Crippen molar-refractivity contribution < 1.29 is 9.59 Å². The van der Waals surface area contributed by atoms with Gasteiger partial charge >= 0.3 is 0 Å². The van der Waals surface area contributed by atoms with Crippen LogP contribution in [-0.4, -0.2) is 11.6 Å². The van der Waals surface area contributed by atoms with Gasteiger partial charge in [-0.25, -0.2) is 0 Å². The summed E-state index contributed by atoms with van der Waals surface area (Å²) in [5.41, 5.74) is 5.17. The smallest absolute Gasteiger partial charge is 0.168 e. The number of Topliss-reactive ketones (excluding diaryl/α,β-unsaturated/α-hetero) is 2. The van der Waals surface area contributed by atoms with Gasteiger partial charge in [-0.1, -0.05) is 132 Å². The van der Waals surface area contributed by atoms with Crippen molar-refractivity contribution in [3.05, 3.63) is 70.8 Å². The second-order valence-corrected chi connectivity index (χ2v) is 13.6. The second-order valence-electron chi connectivity index (χ2n) is 13.6. The van der Waals surface area contributed by atoms with Crippen molar-refractivity contribution in [1.29, 1.82) is 0 Å². The standard InChI is InChI=1S/C32H44O2/c1-29(2,3)25(21-13-17-23(18-14-21)27(33)31(7,8)9)26(30(4,5)6)22-15-19-24(20-16-22)28(34)32(10,11)12/h13-20H,1-12H3/b26-25+. The Morgan fingerprint density at radius 2 is 0.588 bits per heavy atom. The quantitative estimate of drug-likeness (QED) is 0.337. The lowest BCUT2D eigenvalue weighted by molar-refractivity contribution is 0.0852. The summed E-state index contributed by atoms with van der Waals surface area (Å²) >= 11 is 0. The number of ketones is 2. The van der Waals surface area contributed by atoms with E-state index in [-0.39, 0.29) is 22.4 Å². The van der Waals surface area contributed by atoms with Crippen LogP contribution in [0.5, 0.6) is 0 Å². The normalized spacial score (nSPS) is 14.0. The number of benzene rings is 2. The largest absolute Gasteiger partial charge is 0.294 e. The topological polar surface area (TPSA) is 34.1 Å². The van der Waals surface area contributed by atoms with Gasteiger partial charge in [0.05, 0.1) is 0 Å². The van der Waals surface area contributed by atoms with Gasteiger partial charge in [-0.05, 0) is 33.1 Å². The molecule has 0 heterocycles. The molecule has 0 unspecified atom stereocenters. The van der Waals surface area contributed by atoms with Gasteiger partial charge < -0.3 is 0 Å². The van der Waals surface area contributed by atoms with Crippen molar-refractivity contribution in [2.24, 2.45) is 21.7 Å². The third kappa shape index (κ3) is 6.34. The number of carbonyl (C=O) groups is 2. The van der Waals surface area contributed by atoms with Gasteiger partial charge in [0.15, 0.2) is 11.6 Å². The van der Waals surface area contributed by atoms with Gasteiger partial charge in [-0.15, -0.1) is 0 Å². The molecule has 0 amide bonds. The maximum Gasteiger partial charge on any atom is 0.168 e. The van der Waals surface area contributed by atoms with E-state index >= 15 is 0 Å². The molecule has 2 rings (SSSR count). The van der Waals surface area contributed by atoms with Crippen LogP contribution in [0.15, 0.2) is 48.5 Å². The van der Waals surface area contributed by atoms with Crippen molar-refractivity contribution in [2.45, 2.75) is 83.1 Å². The monoisotopic (exact) mass is 460 g/mol. The molecule has 0 spiro atoms. The van der Waals surface area contributed by atoms with Crippen molar-refractivity contribution in [3.63, 3.8) is 0 Å². The molecule has 34 heavy (non-hydrogen) atoms. The van der Waals surface area contributed by atoms with Crippen molar-refractivity contribution in [3.8, 4) is 0 Å². The lowest BCUT2D eigenvalue weighted by Gasteiger charge is -2.34. The van der Waals surface area contributed by atoms with E-state index < -0.39 is 10.8 Å². The average Bonchev–Trinajstić information content (AvgIpc) is 2.68. The predicted octanol–water partition coefficient (Wildman–Crippen LogP) is 9.15. The summed E-state index contributed by atoms with van der Waals surface area (Å²) < 4.78 is 0. The van der Waals surface area contributed by atoms with Crippen LogP contribution in [-0.2, 0) is 0 Å². The molecule has 0 aromatic heterocycles. The van der Waals surface area contributed by atoms with Crippen LogP contribution < -0.4 is 0 Å². The zero-order valence-electron chi connectivity index (χ0n) is 23.4. The van der Waals surface area contributed by atoms with E-state index in [0.29, 0.717) is 0 Å². The molecular weight excluding hydrogens is 416 g/mol. The van der Waals surface area contributed by atoms with Crippen LogP contribution in [0.25, 0.3) is 11.1 Å². The fourth-order valence-electron chi connectivity index (χ4n) is 4.35. The minimum absolute atomic E-state index is 0.127. The van der Waals surface area contributed by atoms with E-state index in [1.165, 1.54) is 11.1 Å². The van der Waals surface area contributed by atoms with Gasteiger partial charge in [0.2, 0.25) is 0 Å². The Morgan fingerprint density at radius 1 is 0.382 bits per heavy atom. The number of hydrogen-bond acceptors (Lipinski definition) is 2. The zero-order chi connectivity index (χ0) is 26.3. The maximum atomic E-state index is 12.8. The molecule has 0 aliphatic heterocycles. The van der Waals surface area contributed by atoms with Gasteiger partial charge in [0, 0.05) is 22.0 Å². The van der Waals surface area contributed by atoms with Crippen LogP contribution in [0.3, 0.4) is 0 Å². The van der Waals surface area contributed by atoms with Gasteiger partial charge in [0.25, 0.3) is 0 Å². The highest BCUT2D eigenvalue weighted by molar-refractivity contribution is 6.02. The van der Waals surface area contributed by atoms with Gasteiger partial charge in [-0.3, -0.25) is 9.59 Å². The van der Waals surface area contributed by atoms with E-state index in [2.05, 4.69) is 65.8 Å². The minimum atomic E-state index is -0.410. The molecule has 2 heteroatoms. The van der Waals surface area contributed by atoms with E-state index in [4.69, 9.17) is 0 Å². The van der Waals surface area contributed by atoms with Crippen molar-refractivity contribution in [1.82, 2.24) is 0 Å². The lowest BCUT2D eigenvalue weighted by Crippen LogP contribution is -2.21. The summed E-state index contributed by atoms with van der Waals surface area (Å²) in [5.74, 6) is 0.297. The van der Waals surface area contributed by atoms with E-state index in [1.54, 1.807) is 0 Å². The fraction of sp³-hybridized carbons (Fsp3) is 0.500. The van der Waals surface area contributed by atoms with Crippen molar-refractivity contribution in [2.75, 3.05) is 0 Å². The molecule has 0 saturated heterocycles. The van der Waals surface area contributed by atoms with Crippen LogP contribution in [0.1, 0.15) is 115 Å². The average molecular weight is 461 g/mol. The maximum absolute atomic E-state index is 12.8. The molecule has 0 aliphatic rings. The molecule has 0 radical (unpaired) electrons. The molecular formula is C32H44O2. The second kappa shape index (κ2) is 9.29. The summed E-state index contributed by atoms with van der Waals surface area (Å²) in [6.07, 6.45) is 0. The summed E-state index contributed by atoms with van der Waals surface area (Å²) in [7, 11) is 0. The molecule has 184 valence electrons. The highest BCUT2D eigenvalue weighted by atomic mass is 16.1. The Hall–Kier alpha value is -2.48. The molecule has 0 bridgehead atoms. The molecule has 2 nitrogen and oxygen atoms in total. The highest BCUT2D eigenvalue weighted by Gasteiger charge is 2.31. The molecule has 0 atom stereocenters.